The number of phosphoric acid groups is 1. The Balaban J connectivity index is 4.27. The molecule has 0 aliphatic carbocycles. The molecule has 0 rings (SSSR count). The van der Waals surface area contributed by atoms with Crippen LogP contribution in [0.4, 0.5) is 0 Å². The summed E-state index contributed by atoms with van der Waals surface area (Å²) in [5.74, 6) is -0.826. The zero-order valence-electron chi connectivity index (χ0n) is 39.2. The van der Waals surface area contributed by atoms with E-state index in [0.29, 0.717) is 17.4 Å². The van der Waals surface area contributed by atoms with Crippen molar-refractivity contribution in [2.75, 3.05) is 47.5 Å². The fourth-order valence-corrected chi connectivity index (χ4v) is 7.61. The second-order valence-corrected chi connectivity index (χ2v) is 19.3. The first-order valence-corrected chi connectivity index (χ1v) is 26.1. The topological polar surface area (TPSA) is 108 Å². The van der Waals surface area contributed by atoms with E-state index in [0.717, 1.165) is 44.9 Å². The van der Waals surface area contributed by atoms with E-state index in [-0.39, 0.29) is 32.0 Å². The van der Waals surface area contributed by atoms with Crippen molar-refractivity contribution in [1.29, 1.82) is 0 Å². The Kier molecular flexibility index (Phi) is 40.8. The number of hydrogen-bond donors (Lipinski definition) is 1. The standard InChI is InChI=1S/C49H94NO8P/c1-6-8-10-12-14-16-18-20-22-23-24-25-26-28-29-31-33-35-37-39-41-48(51)55-45-47(46-57-59(53,54)56-44-43-50(3,4)5)58-49(52)42-40-38-36-34-32-30-27-21-19-17-15-13-11-9-7-2/h21,27,32,34,47H,6-20,22-26,28-31,33,35-46H2,1-5H3/p+1/b27-21+,34-32+/t47-/m1/s1. The van der Waals surface area contributed by atoms with Crippen molar-refractivity contribution < 1.29 is 42.1 Å². The number of quaternary nitrogens is 1. The van der Waals surface area contributed by atoms with Crippen LogP contribution in [0, 0.1) is 0 Å². The molecule has 0 heterocycles. The number of likely N-dealkylation sites (N-methyl/N-ethyl adjacent to an activating group) is 1. The van der Waals surface area contributed by atoms with Gasteiger partial charge in [0.25, 0.3) is 0 Å². The molecule has 1 unspecified atom stereocenters. The van der Waals surface area contributed by atoms with E-state index < -0.39 is 26.5 Å². The summed E-state index contributed by atoms with van der Waals surface area (Å²) in [4.78, 5) is 35.4. The lowest BCUT2D eigenvalue weighted by atomic mass is 10.0. The van der Waals surface area contributed by atoms with Crippen LogP contribution in [0.5, 0.6) is 0 Å². The molecule has 9 nitrogen and oxygen atoms in total. The third kappa shape index (κ3) is 45.8. The summed E-state index contributed by atoms with van der Waals surface area (Å²) in [7, 11) is 1.47. The molecule has 0 aromatic heterocycles. The molecule has 0 radical (unpaired) electrons. The van der Waals surface area contributed by atoms with Gasteiger partial charge >= 0.3 is 19.8 Å². The summed E-state index contributed by atoms with van der Waals surface area (Å²) in [6.07, 6.45) is 46.6. The van der Waals surface area contributed by atoms with Crippen LogP contribution in [-0.4, -0.2) is 74.9 Å². The Morgan fingerprint density at radius 3 is 1.37 bits per heavy atom. The van der Waals surface area contributed by atoms with Gasteiger partial charge in [0.15, 0.2) is 6.10 Å². The molecular weight excluding hydrogens is 762 g/mol. The number of allylic oxidation sites excluding steroid dienone is 4. The number of hydrogen-bond acceptors (Lipinski definition) is 7. The molecule has 1 N–H and O–H groups in total. The lowest BCUT2D eigenvalue weighted by molar-refractivity contribution is -0.870. The molecule has 0 amide bonds. The predicted molar refractivity (Wildman–Crippen MR) is 247 cm³/mol. The predicted octanol–water partition coefficient (Wildman–Crippen LogP) is 14.3. The molecule has 0 aromatic carbocycles. The number of esters is 2. The highest BCUT2D eigenvalue weighted by Crippen LogP contribution is 2.43. The molecule has 0 aliphatic rings. The Morgan fingerprint density at radius 1 is 0.525 bits per heavy atom. The van der Waals surface area contributed by atoms with Crippen molar-refractivity contribution in [3.05, 3.63) is 24.3 Å². The molecule has 2 atom stereocenters. The number of rotatable bonds is 45. The Morgan fingerprint density at radius 2 is 0.915 bits per heavy atom. The smallest absolute Gasteiger partial charge is 0.462 e. The van der Waals surface area contributed by atoms with Gasteiger partial charge in [-0.05, 0) is 44.9 Å². The minimum absolute atomic E-state index is 0.0279. The van der Waals surface area contributed by atoms with E-state index in [9.17, 15) is 19.0 Å². The van der Waals surface area contributed by atoms with Crippen molar-refractivity contribution in [2.45, 2.75) is 232 Å². The molecule has 348 valence electrons. The monoisotopic (exact) mass is 857 g/mol. The van der Waals surface area contributed by atoms with Crippen LogP contribution in [0.3, 0.4) is 0 Å². The van der Waals surface area contributed by atoms with Crippen LogP contribution in [-0.2, 0) is 32.7 Å². The molecule has 10 heteroatoms. The number of phosphoric ester groups is 1. The number of carbonyl (C=O) groups excluding carboxylic acids is 2. The second-order valence-electron chi connectivity index (χ2n) is 17.9. The van der Waals surface area contributed by atoms with Crippen LogP contribution in [0.2, 0.25) is 0 Å². The molecule has 0 aromatic rings. The molecule has 0 saturated heterocycles. The molecule has 0 spiro atoms. The van der Waals surface area contributed by atoms with Crippen molar-refractivity contribution in [1.82, 2.24) is 0 Å². The summed E-state index contributed by atoms with van der Waals surface area (Å²) < 4.78 is 34.4. The summed E-state index contributed by atoms with van der Waals surface area (Å²) in [6, 6.07) is 0. The third-order valence-electron chi connectivity index (χ3n) is 10.7. The Hall–Kier alpha value is -1.51. The molecule has 0 aliphatic heterocycles. The van der Waals surface area contributed by atoms with E-state index in [1.54, 1.807) is 0 Å². The van der Waals surface area contributed by atoms with Crippen molar-refractivity contribution in [3.63, 3.8) is 0 Å². The Bertz CT molecular complexity index is 1060. The normalized spacial score (nSPS) is 13.7. The summed E-state index contributed by atoms with van der Waals surface area (Å²) in [5.41, 5.74) is 0. The van der Waals surface area contributed by atoms with Gasteiger partial charge in [0.1, 0.15) is 19.8 Å². The average Bonchev–Trinajstić information content (AvgIpc) is 3.19. The first-order chi connectivity index (χ1) is 28.5. The maximum Gasteiger partial charge on any atom is 0.472 e. The minimum Gasteiger partial charge on any atom is -0.462 e. The molecule has 0 saturated carbocycles. The SMILES string of the molecule is CCCCCCCC/C=C/C/C=C/CCCCC(=O)O[C@H](COC(=O)CCCCCCCCCCCCCCCCCCCCCC)COP(=O)(O)OCC[N+](C)(C)C. The fraction of sp³-hybridized carbons (Fsp3) is 0.878. The minimum atomic E-state index is -4.38. The summed E-state index contributed by atoms with van der Waals surface area (Å²) in [5, 5.41) is 0. The largest absolute Gasteiger partial charge is 0.472 e. The zero-order chi connectivity index (χ0) is 43.6. The van der Waals surface area contributed by atoms with Gasteiger partial charge in [0.2, 0.25) is 0 Å². The van der Waals surface area contributed by atoms with E-state index in [4.69, 9.17) is 18.5 Å². The summed E-state index contributed by atoms with van der Waals surface area (Å²) >= 11 is 0. The maximum atomic E-state index is 12.7. The van der Waals surface area contributed by atoms with Crippen LogP contribution >= 0.6 is 7.82 Å². The molecular formula is C49H95NO8P+. The third-order valence-corrected chi connectivity index (χ3v) is 11.7. The maximum absolute atomic E-state index is 12.7. The number of ether oxygens (including phenoxy) is 2. The van der Waals surface area contributed by atoms with Crippen molar-refractivity contribution in [3.8, 4) is 0 Å². The molecule has 0 bridgehead atoms. The van der Waals surface area contributed by atoms with E-state index in [1.807, 2.05) is 21.1 Å². The highest BCUT2D eigenvalue weighted by molar-refractivity contribution is 7.47. The van der Waals surface area contributed by atoms with Gasteiger partial charge in [0.05, 0.1) is 27.7 Å². The van der Waals surface area contributed by atoms with Crippen LogP contribution in [0.1, 0.15) is 226 Å². The number of unbranched alkanes of at least 4 members (excludes halogenated alkanes) is 27. The number of carbonyl (C=O) groups is 2. The first-order valence-electron chi connectivity index (χ1n) is 24.6. The van der Waals surface area contributed by atoms with E-state index >= 15 is 0 Å². The highest BCUT2D eigenvalue weighted by Gasteiger charge is 2.27. The van der Waals surface area contributed by atoms with Gasteiger partial charge in [-0.15, -0.1) is 0 Å². The van der Waals surface area contributed by atoms with Gasteiger partial charge < -0.3 is 18.9 Å². The van der Waals surface area contributed by atoms with Crippen molar-refractivity contribution >= 4 is 19.8 Å². The lowest BCUT2D eigenvalue weighted by Gasteiger charge is -2.24. The van der Waals surface area contributed by atoms with Gasteiger partial charge in [-0.1, -0.05) is 192 Å². The molecule has 59 heavy (non-hydrogen) atoms. The van der Waals surface area contributed by atoms with Gasteiger partial charge in [-0.3, -0.25) is 18.6 Å². The van der Waals surface area contributed by atoms with Crippen LogP contribution in [0.15, 0.2) is 24.3 Å². The van der Waals surface area contributed by atoms with Gasteiger partial charge in [-0.2, -0.15) is 0 Å². The first kappa shape index (κ1) is 57.5. The quantitative estimate of drug-likeness (QED) is 0.0212. The highest BCUT2D eigenvalue weighted by atomic mass is 31.2. The van der Waals surface area contributed by atoms with Crippen molar-refractivity contribution in [2.24, 2.45) is 0 Å². The van der Waals surface area contributed by atoms with Gasteiger partial charge in [-0.25, -0.2) is 4.57 Å². The van der Waals surface area contributed by atoms with E-state index in [1.165, 1.54) is 148 Å². The average molecular weight is 857 g/mol. The van der Waals surface area contributed by atoms with Crippen LogP contribution < -0.4 is 0 Å². The van der Waals surface area contributed by atoms with E-state index in [2.05, 4.69) is 38.2 Å². The Labute approximate surface area is 364 Å². The zero-order valence-corrected chi connectivity index (χ0v) is 40.1. The fourth-order valence-electron chi connectivity index (χ4n) is 6.87. The summed E-state index contributed by atoms with van der Waals surface area (Å²) in [6.45, 7) is 4.41. The second kappa shape index (κ2) is 41.8. The van der Waals surface area contributed by atoms with Gasteiger partial charge in [0, 0.05) is 12.8 Å². The number of nitrogens with zero attached hydrogens (tertiary/aromatic N) is 1. The molecule has 0 fully saturated rings. The van der Waals surface area contributed by atoms with Crippen LogP contribution in [0.25, 0.3) is 0 Å². The lowest BCUT2D eigenvalue weighted by Crippen LogP contribution is -2.37.